The highest BCUT2D eigenvalue weighted by atomic mass is 16.5. The summed E-state index contributed by atoms with van der Waals surface area (Å²) in [5, 5.41) is 11.1. The third kappa shape index (κ3) is 2.17. The topological polar surface area (TPSA) is 77.2 Å². The van der Waals surface area contributed by atoms with Gasteiger partial charge in [0.25, 0.3) is 0 Å². The van der Waals surface area contributed by atoms with E-state index in [2.05, 4.69) is 25.5 Å². The third-order valence-electron chi connectivity index (χ3n) is 2.71. The van der Waals surface area contributed by atoms with Crippen molar-refractivity contribution in [2.45, 2.75) is 6.54 Å². The maximum Gasteiger partial charge on any atom is 0.218 e. The summed E-state index contributed by atoms with van der Waals surface area (Å²) < 4.78 is 7.00. The van der Waals surface area contributed by atoms with Crippen LogP contribution in [0.25, 0.3) is 5.65 Å². The van der Waals surface area contributed by atoms with E-state index in [0.717, 1.165) is 5.56 Å². The second-order valence-corrected chi connectivity index (χ2v) is 3.86. The molecule has 0 unspecified atom stereocenters. The van der Waals surface area contributed by atoms with Crippen LogP contribution < -0.4 is 10.1 Å². The zero-order valence-corrected chi connectivity index (χ0v) is 10.3. The van der Waals surface area contributed by atoms with Gasteiger partial charge in [0.15, 0.2) is 5.82 Å². The maximum atomic E-state index is 5.20. The van der Waals surface area contributed by atoms with Crippen molar-refractivity contribution in [1.29, 1.82) is 0 Å². The van der Waals surface area contributed by atoms with Crippen molar-refractivity contribution >= 4 is 11.5 Å². The first kappa shape index (κ1) is 11.4. The monoisotopic (exact) mass is 256 g/mol. The average molecular weight is 256 g/mol. The van der Waals surface area contributed by atoms with Gasteiger partial charge in [0.05, 0.1) is 7.11 Å². The van der Waals surface area contributed by atoms with Gasteiger partial charge in [-0.3, -0.25) is 4.40 Å². The summed E-state index contributed by atoms with van der Waals surface area (Å²) in [4.78, 5) is 8.40. The van der Waals surface area contributed by atoms with Crippen LogP contribution in [0.15, 0.2) is 37.1 Å². The lowest BCUT2D eigenvalue weighted by Crippen LogP contribution is -2.05. The lowest BCUT2D eigenvalue weighted by Gasteiger charge is -2.08. The summed E-state index contributed by atoms with van der Waals surface area (Å²) in [6.07, 6.45) is 6.82. The molecule has 7 heteroatoms. The molecule has 0 saturated carbocycles. The molecule has 7 nitrogen and oxygen atoms in total. The Bertz CT molecular complexity index is 695. The number of aromatic nitrogens is 5. The van der Waals surface area contributed by atoms with Gasteiger partial charge < -0.3 is 10.1 Å². The van der Waals surface area contributed by atoms with E-state index < -0.39 is 0 Å². The Morgan fingerprint density at radius 2 is 2.26 bits per heavy atom. The number of anilines is 1. The number of fused-ring (bicyclic) bond motifs is 1. The Kier molecular flexibility index (Phi) is 2.93. The molecule has 3 aromatic rings. The van der Waals surface area contributed by atoms with Crippen molar-refractivity contribution in [3.8, 4) is 5.88 Å². The molecule has 0 aliphatic carbocycles. The van der Waals surface area contributed by atoms with Crippen LogP contribution in [-0.4, -0.2) is 31.7 Å². The number of hydrogen-bond acceptors (Lipinski definition) is 6. The lowest BCUT2D eigenvalue weighted by atomic mass is 10.2. The summed E-state index contributed by atoms with van der Waals surface area (Å²) in [5.74, 6) is 1.27. The quantitative estimate of drug-likeness (QED) is 0.754. The van der Waals surface area contributed by atoms with Crippen LogP contribution in [0.1, 0.15) is 5.56 Å². The SMILES string of the molecule is COc1ncccc1CNc1nccn2cnnc12. The predicted octanol–water partition coefficient (Wildman–Crippen LogP) is 1.14. The van der Waals surface area contributed by atoms with Gasteiger partial charge >= 0.3 is 0 Å². The number of methoxy groups -OCH3 is 1. The Morgan fingerprint density at radius 1 is 1.32 bits per heavy atom. The molecule has 19 heavy (non-hydrogen) atoms. The van der Waals surface area contributed by atoms with Crippen molar-refractivity contribution < 1.29 is 4.74 Å². The largest absolute Gasteiger partial charge is 0.481 e. The van der Waals surface area contributed by atoms with Gasteiger partial charge in [0.2, 0.25) is 11.5 Å². The van der Waals surface area contributed by atoms with Crippen molar-refractivity contribution in [3.05, 3.63) is 42.6 Å². The molecular weight excluding hydrogens is 244 g/mol. The highest BCUT2D eigenvalue weighted by molar-refractivity contribution is 5.61. The Morgan fingerprint density at radius 3 is 3.16 bits per heavy atom. The Hall–Kier alpha value is -2.70. The molecule has 96 valence electrons. The second kappa shape index (κ2) is 4.89. The second-order valence-electron chi connectivity index (χ2n) is 3.86. The summed E-state index contributed by atoms with van der Waals surface area (Å²) >= 11 is 0. The first-order valence-corrected chi connectivity index (χ1v) is 5.74. The van der Waals surface area contributed by atoms with Gasteiger partial charge in [0.1, 0.15) is 6.33 Å². The summed E-state index contributed by atoms with van der Waals surface area (Å²) in [7, 11) is 1.60. The highest BCUT2D eigenvalue weighted by Crippen LogP contribution is 2.16. The molecule has 0 atom stereocenters. The van der Waals surface area contributed by atoms with Crippen molar-refractivity contribution in [2.75, 3.05) is 12.4 Å². The molecule has 0 aliphatic rings. The minimum absolute atomic E-state index is 0.552. The van der Waals surface area contributed by atoms with Gasteiger partial charge in [-0.1, -0.05) is 6.07 Å². The number of nitrogens with one attached hydrogen (secondary N) is 1. The third-order valence-corrected chi connectivity index (χ3v) is 2.71. The molecule has 0 amide bonds. The molecule has 0 radical (unpaired) electrons. The molecule has 3 aromatic heterocycles. The standard InChI is InChI=1S/C12H12N6O/c1-19-12-9(3-2-4-14-12)7-15-10-11-17-16-8-18(11)6-5-13-10/h2-6,8H,7H2,1H3,(H,13,15). The van der Waals surface area contributed by atoms with Crippen LogP contribution in [0, 0.1) is 0 Å². The fourth-order valence-corrected chi connectivity index (χ4v) is 1.80. The van der Waals surface area contributed by atoms with Crippen LogP contribution >= 0.6 is 0 Å². The lowest BCUT2D eigenvalue weighted by molar-refractivity contribution is 0.393. The first-order valence-electron chi connectivity index (χ1n) is 5.74. The first-order chi connectivity index (χ1) is 9.38. The minimum atomic E-state index is 0.552. The van der Waals surface area contributed by atoms with Crippen molar-refractivity contribution in [1.82, 2.24) is 24.6 Å². The minimum Gasteiger partial charge on any atom is -0.481 e. The highest BCUT2D eigenvalue weighted by Gasteiger charge is 2.07. The molecule has 3 rings (SSSR count). The molecule has 0 bridgehead atoms. The number of hydrogen-bond donors (Lipinski definition) is 1. The zero-order valence-electron chi connectivity index (χ0n) is 10.3. The number of ether oxygens (including phenoxy) is 1. The normalized spacial score (nSPS) is 10.6. The van der Waals surface area contributed by atoms with Gasteiger partial charge in [-0.25, -0.2) is 9.97 Å². The van der Waals surface area contributed by atoms with Gasteiger partial charge in [-0.2, -0.15) is 0 Å². The predicted molar refractivity (Wildman–Crippen MR) is 68.9 cm³/mol. The molecule has 0 spiro atoms. The zero-order chi connectivity index (χ0) is 13.1. The van der Waals surface area contributed by atoms with E-state index >= 15 is 0 Å². The van der Waals surface area contributed by atoms with Gasteiger partial charge in [0, 0.05) is 30.7 Å². The summed E-state index contributed by atoms with van der Waals surface area (Å²) in [6.45, 7) is 0.552. The molecule has 1 N–H and O–H groups in total. The fraction of sp³-hybridized carbons (Fsp3) is 0.167. The van der Waals surface area contributed by atoms with E-state index in [1.165, 1.54) is 0 Å². The van der Waals surface area contributed by atoms with E-state index in [-0.39, 0.29) is 0 Å². The molecule has 0 aromatic carbocycles. The van der Waals surface area contributed by atoms with Crippen molar-refractivity contribution in [3.63, 3.8) is 0 Å². The maximum absolute atomic E-state index is 5.20. The molecule has 0 aliphatic heterocycles. The number of rotatable bonds is 4. The van der Waals surface area contributed by atoms with Crippen LogP contribution in [0.5, 0.6) is 5.88 Å². The van der Waals surface area contributed by atoms with Gasteiger partial charge in [-0.05, 0) is 6.07 Å². The molecule has 0 saturated heterocycles. The van der Waals surface area contributed by atoms with Crippen LogP contribution in [0.2, 0.25) is 0 Å². The molecule has 0 fully saturated rings. The van der Waals surface area contributed by atoms with E-state index in [0.29, 0.717) is 23.9 Å². The van der Waals surface area contributed by atoms with Crippen LogP contribution in [0.3, 0.4) is 0 Å². The van der Waals surface area contributed by atoms with Crippen LogP contribution in [0.4, 0.5) is 5.82 Å². The van der Waals surface area contributed by atoms with E-state index in [1.807, 2.05) is 12.1 Å². The number of nitrogens with zero attached hydrogens (tertiary/aromatic N) is 5. The average Bonchev–Trinajstić information content (AvgIpc) is 2.94. The van der Waals surface area contributed by atoms with E-state index in [9.17, 15) is 0 Å². The Labute approximate surface area is 109 Å². The van der Waals surface area contributed by atoms with Crippen LogP contribution in [-0.2, 0) is 6.54 Å². The smallest absolute Gasteiger partial charge is 0.218 e. The number of pyridine rings is 1. The van der Waals surface area contributed by atoms with Crippen molar-refractivity contribution in [2.24, 2.45) is 0 Å². The molecule has 3 heterocycles. The van der Waals surface area contributed by atoms with E-state index in [1.54, 1.807) is 36.4 Å². The summed E-state index contributed by atoms with van der Waals surface area (Å²) in [6, 6.07) is 3.81. The fourth-order valence-electron chi connectivity index (χ4n) is 1.80. The summed E-state index contributed by atoms with van der Waals surface area (Å²) in [5.41, 5.74) is 1.64. The Balaban J connectivity index is 1.84. The van der Waals surface area contributed by atoms with Gasteiger partial charge in [-0.15, -0.1) is 10.2 Å². The van der Waals surface area contributed by atoms with E-state index in [4.69, 9.17) is 4.74 Å². The molecular formula is C12H12N6O.